The first kappa shape index (κ1) is 14.8. The molecule has 0 saturated heterocycles. The first-order valence-electron chi connectivity index (χ1n) is 6.19. The minimum absolute atomic E-state index is 0.405. The third kappa shape index (κ3) is 5.64. The molecule has 1 aromatic rings. The lowest BCUT2D eigenvalue weighted by atomic mass is 10.2. The maximum atomic E-state index is 4.59. The maximum Gasteiger partial charge on any atom is 0.0837 e. The van der Waals surface area contributed by atoms with E-state index in [4.69, 9.17) is 0 Å². The lowest BCUT2D eigenvalue weighted by Crippen LogP contribution is -2.05. The molecule has 1 unspecified atom stereocenters. The van der Waals surface area contributed by atoms with Crippen LogP contribution in [0.3, 0.4) is 0 Å². The summed E-state index contributed by atoms with van der Waals surface area (Å²) < 4.78 is 0. The van der Waals surface area contributed by atoms with Crippen molar-refractivity contribution in [1.29, 1.82) is 0 Å². The Balaban J connectivity index is 0.00000106. The van der Waals surface area contributed by atoms with Crippen LogP contribution < -0.4 is 0 Å². The molecule has 0 amide bonds. The van der Waals surface area contributed by atoms with E-state index in [1.165, 1.54) is 6.42 Å². The second-order valence-corrected chi connectivity index (χ2v) is 3.57. The smallest absolute Gasteiger partial charge is 0.0837 e. The second-order valence-electron chi connectivity index (χ2n) is 3.57. The molecule has 1 aromatic heterocycles. The third-order valence-corrected chi connectivity index (χ3v) is 2.16. The highest BCUT2D eigenvalue weighted by molar-refractivity contribution is 5.96. The van der Waals surface area contributed by atoms with Crippen molar-refractivity contribution in [1.82, 2.24) is 4.98 Å². The van der Waals surface area contributed by atoms with Crippen molar-refractivity contribution in [3.05, 3.63) is 30.1 Å². The van der Waals surface area contributed by atoms with E-state index in [2.05, 4.69) is 23.8 Å². The minimum atomic E-state index is 0.405. The zero-order valence-corrected chi connectivity index (χ0v) is 11.2. The summed E-state index contributed by atoms with van der Waals surface area (Å²) in [6.45, 7) is 10.4. The fraction of sp³-hybridized carbons (Fsp3) is 0.571. The number of pyridine rings is 1. The standard InChI is InChI=1S/C12H18N2.C2H6/c1-4-7-10(2)14-11(3)12-8-5-6-9-13-12;1-2/h5-6,8-10H,4,7H2,1-3H3;1-2H3. The summed E-state index contributed by atoms with van der Waals surface area (Å²) in [5.74, 6) is 0. The molecule has 0 fully saturated rings. The Morgan fingerprint density at radius 1 is 1.38 bits per heavy atom. The third-order valence-electron chi connectivity index (χ3n) is 2.16. The van der Waals surface area contributed by atoms with E-state index in [-0.39, 0.29) is 0 Å². The van der Waals surface area contributed by atoms with Crippen LogP contribution in [0.1, 0.15) is 53.2 Å². The van der Waals surface area contributed by atoms with Crippen molar-refractivity contribution in [3.63, 3.8) is 0 Å². The van der Waals surface area contributed by atoms with Crippen LogP contribution in [-0.2, 0) is 0 Å². The molecule has 0 aliphatic carbocycles. The van der Waals surface area contributed by atoms with E-state index in [1.54, 1.807) is 6.20 Å². The molecule has 2 heteroatoms. The minimum Gasteiger partial charge on any atom is -0.285 e. The molecule has 0 bridgehead atoms. The van der Waals surface area contributed by atoms with Gasteiger partial charge in [-0.05, 0) is 32.4 Å². The maximum absolute atomic E-state index is 4.59. The van der Waals surface area contributed by atoms with Gasteiger partial charge in [0.25, 0.3) is 0 Å². The van der Waals surface area contributed by atoms with Crippen LogP contribution in [-0.4, -0.2) is 16.7 Å². The van der Waals surface area contributed by atoms with Crippen LogP contribution in [0.5, 0.6) is 0 Å². The van der Waals surface area contributed by atoms with Gasteiger partial charge in [0, 0.05) is 12.2 Å². The van der Waals surface area contributed by atoms with Gasteiger partial charge in [0.15, 0.2) is 0 Å². The van der Waals surface area contributed by atoms with Crippen LogP contribution in [0.4, 0.5) is 0 Å². The second kappa shape index (κ2) is 9.08. The van der Waals surface area contributed by atoms with Crippen molar-refractivity contribution >= 4 is 5.71 Å². The van der Waals surface area contributed by atoms with Crippen LogP contribution >= 0.6 is 0 Å². The molecule has 1 heterocycles. The summed E-state index contributed by atoms with van der Waals surface area (Å²) in [6, 6.07) is 6.32. The van der Waals surface area contributed by atoms with Crippen LogP contribution in [0, 0.1) is 0 Å². The fourth-order valence-corrected chi connectivity index (χ4v) is 1.46. The Morgan fingerprint density at radius 3 is 2.56 bits per heavy atom. The summed E-state index contributed by atoms with van der Waals surface area (Å²) >= 11 is 0. The number of rotatable bonds is 4. The Bertz CT molecular complexity index is 291. The molecule has 2 nitrogen and oxygen atoms in total. The summed E-state index contributed by atoms with van der Waals surface area (Å²) in [7, 11) is 0. The molecule has 0 saturated carbocycles. The number of hydrogen-bond donors (Lipinski definition) is 0. The average Bonchev–Trinajstić information content (AvgIpc) is 2.33. The number of aromatic nitrogens is 1. The van der Waals surface area contributed by atoms with Crippen molar-refractivity contribution in [2.75, 3.05) is 0 Å². The topological polar surface area (TPSA) is 25.2 Å². The molecule has 1 atom stereocenters. The molecule has 0 aromatic carbocycles. The molecule has 90 valence electrons. The van der Waals surface area contributed by atoms with Crippen molar-refractivity contribution in [2.24, 2.45) is 4.99 Å². The zero-order chi connectivity index (χ0) is 12.4. The highest BCUT2D eigenvalue weighted by atomic mass is 14.8. The molecule has 0 N–H and O–H groups in total. The van der Waals surface area contributed by atoms with E-state index in [9.17, 15) is 0 Å². The van der Waals surface area contributed by atoms with Gasteiger partial charge in [-0.2, -0.15) is 0 Å². The Morgan fingerprint density at radius 2 is 2.06 bits per heavy atom. The van der Waals surface area contributed by atoms with Gasteiger partial charge in [0.1, 0.15) is 0 Å². The van der Waals surface area contributed by atoms with E-state index in [0.717, 1.165) is 17.8 Å². The average molecular weight is 220 g/mol. The van der Waals surface area contributed by atoms with Crippen molar-refractivity contribution in [3.8, 4) is 0 Å². The quantitative estimate of drug-likeness (QED) is 0.701. The van der Waals surface area contributed by atoms with Gasteiger partial charge < -0.3 is 0 Å². The summed E-state index contributed by atoms with van der Waals surface area (Å²) in [6.07, 6.45) is 4.13. The summed E-state index contributed by atoms with van der Waals surface area (Å²) in [5, 5.41) is 0. The van der Waals surface area contributed by atoms with Gasteiger partial charge in [0.2, 0.25) is 0 Å². The molecule has 0 spiro atoms. The number of hydrogen-bond acceptors (Lipinski definition) is 2. The van der Waals surface area contributed by atoms with Gasteiger partial charge in [-0.3, -0.25) is 9.98 Å². The van der Waals surface area contributed by atoms with Crippen LogP contribution in [0.15, 0.2) is 29.4 Å². The van der Waals surface area contributed by atoms with E-state index in [0.29, 0.717) is 6.04 Å². The highest BCUT2D eigenvalue weighted by Crippen LogP contribution is 2.04. The van der Waals surface area contributed by atoms with Gasteiger partial charge in [-0.25, -0.2) is 0 Å². The molecule has 0 radical (unpaired) electrons. The summed E-state index contributed by atoms with van der Waals surface area (Å²) in [4.78, 5) is 8.85. The largest absolute Gasteiger partial charge is 0.285 e. The van der Waals surface area contributed by atoms with E-state index in [1.807, 2.05) is 39.0 Å². The molecule has 16 heavy (non-hydrogen) atoms. The monoisotopic (exact) mass is 220 g/mol. The SMILES string of the molecule is CC.CCCC(C)N=C(C)c1ccccn1. The van der Waals surface area contributed by atoms with E-state index >= 15 is 0 Å². The molecule has 1 rings (SSSR count). The fourth-order valence-electron chi connectivity index (χ4n) is 1.46. The number of aliphatic imine (C=N–C) groups is 1. The Labute approximate surface area is 99.8 Å². The van der Waals surface area contributed by atoms with Crippen molar-refractivity contribution in [2.45, 2.75) is 53.5 Å². The van der Waals surface area contributed by atoms with Gasteiger partial charge >= 0.3 is 0 Å². The first-order chi connectivity index (χ1) is 7.74. The predicted octanol–water partition coefficient (Wildman–Crippen LogP) is 4.11. The normalized spacial score (nSPS) is 12.7. The molecule has 0 aliphatic rings. The Hall–Kier alpha value is -1.18. The molecule has 0 aliphatic heterocycles. The lowest BCUT2D eigenvalue weighted by Gasteiger charge is -2.06. The van der Waals surface area contributed by atoms with Crippen LogP contribution in [0.2, 0.25) is 0 Å². The van der Waals surface area contributed by atoms with Gasteiger partial charge in [0.05, 0.1) is 11.4 Å². The first-order valence-corrected chi connectivity index (χ1v) is 6.19. The molecular weight excluding hydrogens is 196 g/mol. The van der Waals surface area contributed by atoms with Crippen molar-refractivity contribution < 1.29 is 0 Å². The molecular formula is C14H24N2. The number of nitrogens with zero attached hydrogens (tertiary/aromatic N) is 2. The van der Waals surface area contributed by atoms with Crippen LogP contribution in [0.25, 0.3) is 0 Å². The Kier molecular flexibility index (Phi) is 8.41. The lowest BCUT2D eigenvalue weighted by molar-refractivity contribution is 0.655. The predicted molar refractivity (Wildman–Crippen MR) is 72.2 cm³/mol. The summed E-state index contributed by atoms with van der Waals surface area (Å²) in [5.41, 5.74) is 2.02. The highest BCUT2D eigenvalue weighted by Gasteiger charge is 2.01. The van der Waals surface area contributed by atoms with Gasteiger partial charge in [-0.1, -0.05) is 33.3 Å². The van der Waals surface area contributed by atoms with E-state index < -0.39 is 0 Å². The van der Waals surface area contributed by atoms with Gasteiger partial charge in [-0.15, -0.1) is 0 Å². The zero-order valence-electron chi connectivity index (χ0n) is 11.2.